The van der Waals surface area contributed by atoms with E-state index in [1.54, 1.807) is 26.4 Å². The third-order valence-corrected chi connectivity index (χ3v) is 4.13. The Kier molecular flexibility index (Phi) is 6.06. The number of hydrogen-bond acceptors (Lipinski definition) is 6. The average molecular weight is 378 g/mol. The zero-order valence-electron chi connectivity index (χ0n) is 16.0. The molecule has 0 fully saturated rings. The zero-order valence-corrected chi connectivity index (χ0v) is 16.0. The van der Waals surface area contributed by atoms with Crippen molar-refractivity contribution in [3.8, 4) is 11.5 Å². The summed E-state index contributed by atoms with van der Waals surface area (Å²) in [7, 11) is 3.19. The number of aryl methyl sites for hydroxylation is 1. The van der Waals surface area contributed by atoms with Gasteiger partial charge in [-0.25, -0.2) is 0 Å². The number of aromatic nitrogens is 2. The summed E-state index contributed by atoms with van der Waals surface area (Å²) in [5.74, 6) is 1.63. The predicted molar refractivity (Wildman–Crippen MR) is 108 cm³/mol. The molecule has 3 rings (SSSR count). The summed E-state index contributed by atoms with van der Waals surface area (Å²) in [5.41, 5.74) is 2.91. The Balaban J connectivity index is 1.61. The molecule has 2 N–H and O–H groups in total. The Morgan fingerprint density at radius 2 is 1.75 bits per heavy atom. The Hall–Kier alpha value is -3.61. The summed E-state index contributed by atoms with van der Waals surface area (Å²) in [6.07, 6.45) is 0. The van der Waals surface area contributed by atoms with E-state index >= 15 is 0 Å². The first-order valence-corrected chi connectivity index (χ1v) is 8.75. The maximum atomic E-state index is 12.4. The Morgan fingerprint density at radius 1 is 0.964 bits per heavy atom. The van der Waals surface area contributed by atoms with Crippen LogP contribution in [0.5, 0.6) is 11.5 Å². The highest BCUT2D eigenvalue weighted by Crippen LogP contribution is 2.25. The van der Waals surface area contributed by atoms with E-state index in [-0.39, 0.29) is 11.6 Å². The van der Waals surface area contributed by atoms with E-state index < -0.39 is 0 Å². The fourth-order valence-corrected chi connectivity index (χ4v) is 2.59. The summed E-state index contributed by atoms with van der Waals surface area (Å²) >= 11 is 0. The molecule has 0 aliphatic rings. The van der Waals surface area contributed by atoms with Gasteiger partial charge in [-0.2, -0.15) is 0 Å². The van der Waals surface area contributed by atoms with Gasteiger partial charge < -0.3 is 20.1 Å². The van der Waals surface area contributed by atoms with Gasteiger partial charge in [0.15, 0.2) is 5.69 Å². The van der Waals surface area contributed by atoms with E-state index in [9.17, 15) is 4.79 Å². The fraction of sp³-hybridized carbons (Fsp3) is 0.190. The zero-order chi connectivity index (χ0) is 19.9. The third kappa shape index (κ3) is 4.76. The van der Waals surface area contributed by atoms with Gasteiger partial charge in [-0.05, 0) is 54.4 Å². The normalized spacial score (nSPS) is 10.2. The number of rotatable bonds is 7. The third-order valence-electron chi connectivity index (χ3n) is 4.13. The molecule has 0 atom stereocenters. The van der Waals surface area contributed by atoms with Crippen molar-refractivity contribution in [3.63, 3.8) is 0 Å². The van der Waals surface area contributed by atoms with Crippen LogP contribution in [-0.2, 0) is 6.54 Å². The molecule has 28 heavy (non-hydrogen) atoms. The van der Waals surface area contributed by atoms with Crippen LogP contribution in [0.3, 0.4) is 0 Å². The smallest absolute Gasteiger partial charge is 0.276 e. The maximum Gasteiger partial charge on any atom is 0.276 e. The van der Waals surface area contributed by atoms with Crippen molar-refractivity contribution >= 4 is 17.4 Å². The molecule has 7 nitrogen and oxygen atoms in total. The number of nitrogens with one attached hydrogen (secondary N) is 2. The van der Waals surface area contributed by atoms with Crippen LogP contribution in [0.15, 0.2) is 54.6 Å². The lowest BCUT2D eigenvalue weighted by molar-refractivity contribution is 0.102. The first kappa shape index (κ1) is 19.2. The minimum Gasteiger partial charge on any atom is -0.497 e. The van der Waals surface area contributed by atoms with Crippen LogP contribution < -0.4 is 20.1 Å². The first-order chi connectivity index (χ1) is 13.6. The second kappa shape index (κ2) is 8.85. The van der Waals surface area contributed by atoms with Gasteiger partial charge in [0.05, 0.1) is 19.9 Å². The van der Waals surface area contributed by atoms with Gasteiger partial charge in [-0.1, -0.05) is 18.2 Å². The van der Waals surface area contributed by atoms with Gasteiger partial charge in [0.2, 0.25) is 0 Å². The molecule has 0 bridgehead atoms. The molecule has 0 spiro atoms. The van der Waals surface area contributed by atoms with Crippen LogP contribution in [0.25, 0.3) is 0 Å². The van der Waals surface area contributed by atoms with Gasteiger partial charge in [0, 0.05) is 6.54 Å². The Bertz CT molecular complexity index is 941. The Morgan fingerprint density at radius 3 is 2.39 bits per heavy atom. The van der Waals surface area contributed by atoms with Gasteiger partial charge in [0.25, 0.3) is 5.91 Å². The minimum atomic E-state index is -0.349. The summed E-state index contributed by atoms with van der Waals surface area (Å²) < 4.78 is 10.4. The number of ether oxygens (including phenoxy) is 2. The standard InChI is InChI=1S/C21H22N4O3/c1-14-4-10-19(28-3)18(12-14)23-21(26)17-9-11-20(25-24-17)22-13-15-5-7-16(27-2)8-6-15/h4-12H,13H2,1-3H3,(H,22,25)(H,23,26). The molecule has 0 saturated heterocycles. The number of hydrogen-bond donors (Lipinski definition) is 2. The van der Waals surface area contributed by atoms with E-state index in [0.29, 0.717) is 23.8 Å². The second-order valence-corrected chi connectivity index (χ2v) is 6.16. The molecule has 1 heterocycles. The fourth-order valence-electron chi connectivity index (χ4n) is 2.59. The van der Waals surface area contributed by atoms with E-state index in [4.69, 9.17) is 9.47 Å². The maximum absolute atomic E-state index is 12.4. The van der Waals surface area contributed by atoms with Crippen molar-refractivity contribution < 1.29 is 14.3 Å². The summed E-state index contributed by atoms with van der Waals surface area (Å²) in [5, 5.41) is 14.1. The largest absolute Gasteiger partial charge is 0.497 e. The number of anilines is 2. The molecular formula is C21H22N4O3. The lowest BCUT2D eigenvalue weighted by Crippen LogP contribution is -2.15. The van der Waals surface area contributed by atoms with Crippen LogP contribution in [0.2, 0.25) is 0 Å². The molecule has 1 amide bonds. The summed E-state index contributed by atoms with van der Waals surface area (Å²) in [6.45, 7) is 2.53. The van der Waals surface area contributed by atoms with Gasteiger partial charge in [0.1, 0.15) is 17.3 Å². The van der Waals surface area contributed by atoms with Crippen LogP contribution in [-0.4, -0.2) is 30.3 Å². The highest BCUT2D eigenvalue weighted by Gasteiger charge is 2.12. The number of amides is 1. The minimum absolute atomic E-state index is 0.221. The second-order valence-electron chi connectivity index (χ2n) is 6.16. The molecule has 0 saturated carbocycles. The van der Waals surface area contributed by atoms with Crippen molar-refractivity contribution in [2.45, 2.75) is 13.5 Å². The summed E-state index contributed by atoms with van der Waals surface area (Å²) in [6, 6.07) is 16.6. The van der Waals surface area contributed by atoms with Crippen molar-refractivity contribution in [1.82, 2.24) is 10.2 Å². The number of methoxy groups -OCH3 is 2. The molecule has 144 valence electrons. The number of benzene rings is 2. The Labute approximate surface area is 163 Å². The monoisotopic (exact) mass is 378 g/mol. The average Bonchev–Trinajstić information content (AvgIpc) is 2.73. The van der Waals surface area contributed by atoms with E-state index in [1.807, 2.05) is 49.4 Å². The van der Waals surface area contributed by atoms with Crippen LogP contribution in [0, 0.1) is 6.92 Å². The lowest BCUT2D eigenvalue weighted by atomic mass is 10.2. The van der Waals surface area contributed by atoms with Crippen molar-refractivity contribution in [2.75, 3.05) is 24.9 Å². The quantitative estimate of drug-likeness (QED) is 0.653. The summed E-state index contributed by atoms with van der Waals surface area (Å²) in [4.78, 5) is 12.4. The van der Waals surface area contributed by atoms with Gasteiger partial charge >= 0.3 is 0 Å². The molecule has 0 unspecified atom stereocenters. The van der Waals surface area contributed by atoms with Crippen molar-refractivity contribution in [3.05, 3.63) is 71.4 Å². The van der Waals surface area contributed by atoms with Crippen LogP contribution in [0.4, 0.5) is 11.5 Å². The highest BCUT2D eigenvalue weighted by molar-refractivity contribution is 6.03. The number of nitrogens with zero attached hydrogens (tertiary/aromatic N) is 2. The molecule has 3 aromatic rings. The molecular weight excluding hydrogens is 356 g/mol. The van der Waals surface area contributed by atoms with E-state index in [1.165, 1.54) is 0 Å². The van der Waals surface area contributed by atoms with Crippen molar-refractivity contribution in [2.24, 2.45) is 0 Å². The predicted octanol–water partition coefficient (Wildman–Crippen LogP) is 3.67. The molecule has 0 radical (unpaired) electrons. The molecule has 2 aromatic carbocycles. The first-order valence-electron chi connectivity index (χ1n) is 8.75. The van der Waals surface area contributed by atoms with Crippen LogP contribution >= 0.6 is 0 Å². The highest BCUT2D eigenvalue weighted by atomic mass is 16.5. The molecule has 1 aromatic heterocycles. The van der Waals surface area contributed by atoms with Crippen molar-refractivity contribution in [1.29, 1.82) is 0 Å². The number of carbonyl (C=O) groups is 1. The van der Waals surface area contributed by atoms with Gasteiger partial charge in [-0.15, -0.1) is 10.2 Å². The molecule has 0 aliphatic carbocycles. The topological polar surface area (TPSA) is 85.4 Å². The van der Waals surface area contributed by atoms with E-state index in [2.05, 4.69) is 20.8 Å². The molecule has 0 aliphatic heterocycles. The number of carbonyl (C=O) groups excluding carboxylic acids is 1. The molecule has 7 heteroatoms. The van der Waals surface area contributed by atoms with Crippen LogP contribution in [0.1, 0.15) is 21.6 Å². The SMILES string of the molecule is COc1ccc(CNc2ccc(C(=O)Nc3cc(C)ccc3OC)nn2)cc1. The lowest BCUT2D eigenvalue weighted by Gasteiger charge is -2.11. The van der Waals surface area contributed by atoms with E-state index in [0.717, 1.165) is 16.9 Å². The van der Waals surface area contributed by atoms with Gasteiger partial charge in [-0.3, -0.25) is 4.79 Å².